The van der Waals surface area contributed by atoms with Crippen LogP contribution in [0.2, 0.25) is 0 Å². The molecule has 1 aromatic heterocycles. The fourth-order valence-electron chi connectivity index (χ4n) is 4.21. The fraction of sp³-hybridized carbons (Fsp3) is 0.737. The number of hydrogen-bond donors (Lipinski definition) is 0. The lowest BCUT2D eigenvalue weighted by molar-refractivity contribution is -0.141. The van der Waals surface area contributed by atoms with Crippen molar-refractivity contribution in [1.29, 1.82) is 0 Å². The average Bonchev–Trinajstić information content (AvgIpc) is 3.11. The van der Waals surface area contributed by atoms with Crippen LogP contribution in [0.25, 0.3) is 0 Å². The molecule has 2 fully saturated rings. The average molecular weight is 353 g/mol. The molecule has 0 unspecified atom stereocenters. The standard InChI is InChI=1S/C19H29FN2OS/c20-10-2-1-3-11-21-12-9-18-16(15-21)6-7-19(23)22(18)13-8-17-5-4-14-24-17/h4-5,14,16,18H,1-3,6-13,15H2/t16-,18+/m1/s1. The highest BCUT2D eigenvalue weighted by Gasteiger charge is 2.38. The highest BCUT2D eigenvalue weighted by molar-refractivity contribution is 7.09. The molecule has 0 spiro atoms. The van der Waals surface area contributed by atoms with Gasteiger partial charge in [0.2, 0.25) is 5.91 Å². The molecule has 3 rings (SSSR count). The smallest absolute Gasteiger partial charge is 0.222 e. The zero-order chi connectivity index (χ0) is 16.8. The van der Waals surface area contributed by atoms with E-state index in [0.29, 0.717) is 30.7 Å². The van der Waals surface area contributed by atoms with Crippen LogP contribution in [0.1, 0.15) is 43.4 Å². The first-order chi connectivity index (χ1) is 11.8. The Bertz CT molecular complexity index is 507. The van der Waals surface area contributed by atoms with Crippen molar-refractivity contribution in [3.05, 3.63) is 22.4 Å². The lowest BCUT2D eigenvalue weighted by Gasteiger charge is -2.47. The first-order valence-corrected chi connectivity index (χ1v) is 10.3. The van der Waals surface area contributed by atoms with E-state index in [1.54, 1.807) is 11.3 Å². The molecule has 24 heavy (non-hydrogen) atoms. The van der Waals surface area contributed by atoms with Gasteiger partial charge in [-0.2, -0.15) is 0 Å². The molecule has 3 heterocycles. The third kappa shape index (κ3) is 4.57. The molecule has 0 radical (unpaired) electrons. The monoisotopic (exact) mass is 352 g/mol. The van der Waals surface area contributed by atoms with E-state index in [1.165, 1.54) is 4.88 Å². The highest BCUT2D eigenvalue weighted by Crippen LogP contribution is 2.31. The Morgan fingerprint density at radius 2 is 2.12 bits per heavy atom. The molecule has 3 nitrogen and oxygen atoms in total. The number of rotatable bonds is 8. The van der Waals surface area contributed by atoms with E-state index in [2.05, 4.69) is 27.3 Å². The zero-order valence-corrected chi connectivity index (χ0v) is 15.3. The van der Waals surface area contributed by atoms with Gasteiger partial charge < -0.3 is 9.80 Å². The van der Waals surface area contributed by atoms with Gasteiger partial charge in [0, 0.05) is 37.0 Å². The van der Waals surface area contributed by atoms with E-state index >= 15 is 0 Å². The summed E-state index contributed by atoms with van der Waals surface area (Å²) in [6.45, 7) is 3.97. The van der Waals surface area contributed by atoms with Gasteiger partial charge in [-0.25, -0.2) is 0 Å². The summed E-state index contributed by atoms with van der Waals surface area (Å²) in [5, 5.41) is 2.11. The molecular formula is C19H29FN2OS. The predicted molar refractivity (Wildman–Crippen MR) is 97.1 cm³/mol. The molecule has 5 heteroatoms. The molecular weight excluding hydrogens is 323 g/mol. The van der Waals surface area contributed by atoms with E-state index < -0.39 is 0 Å². The molecule has 0 N–H and O–H groups in total. The van der Waals surface area contributed by atoms with Gasteiger partial charge >= 0.3 is 0 Å². The number of likely N-dealkylation sites (tertiary alicyclic amines) is 2. The van der Waals surface area contributed by atoms with Crippen LogP contribution in [0.15, 0.2) is 17.5 Å². The zero-order valence-electron chi connectivity index (χ0n) is 14.5. The van der Waals surface area contributed by atoms with Crippen molar-refractivity contribution in [2.75, 3.05) is 32.9 Å². The minimum atomic E-state index is -0.188. The molecule has 1 aromatic rings. The number of carbonyl (C=O) groups excluding carboxylic acids is 1. The number of piperidine rings is 2. The molecule has 0 aromatic carbocycles. The van der Waals surface area contributed by atoms with Crippen LogP contribution < -0.4 is 0 Å². The molecule has 2 atom stereocenters. The highest BCUT2D eigenvalue weighted by atomic mass is 32.1. The number of carbonyl (C=O) groups is 1. The first kappa shape index (κ1) is 17.9. The van der Waals surface area contributed by atoms with Crippen LogP contribution in [-0.2, 0) is 11.2 Å². The summed E-state index contributed by atoms with van der Waals surface area (Å²) < 4.78 is 12.2. The lowest BCUT2D eigenvalue weighted by atomic mass is 9.83. The largest absolute Gasteiger partial charge is 0.339 e. The Morgan fingerprint density at radius 1 is 1.21 bits per heavy atom. The maximum Gasteiger partial charge on any atom is 0.222 e. The second kappa shape index (κ2) is 8.95. The van der Waals surface area contributed by atoms with Gasteiger partial charge in [-0.1, -0.05) is 6.07 Å². The molecule has 1 amide bonds. The number of thiophene rings is 1. The Balaban J connectivity index is 1.50. The van der Waals surface area contributed by atoms with Crippen molar-refractivity contribution in [2.45, 2.75) is 51.0 Å². The van der Waals surface area contributed by atoms with E-state index in [1.807, 2.05) is 0 Å². The van der Waals surface area contributed by atoms with Crippen molar-refractivity contribution < 1.29 is 9.18 Å². The lowest BCUT2D eigenvalue weighted by Crippen LogP contribution is -2.56. The molecule has 0 aliphatic carbocycles. The Labute approximate surface area is 148 Å². The summed E-state index contributed by atoms with van der Waals surface area (Å²) in [4.78, 5) is 18.5. The van der Waals surface area contributed by atoms with E-state index in [0.717, 1.165) is 58.3 Å². The Kier molecular flexibility index (Phi) is 6.67. The summed E-state index contributed by atoms with van der Waals surface area (Å²) in [5.74, 6) is 0.977. The third-order valence-electron chi connectivity index (χ3n) is 5.51. The SMILES string of the molecule is O=C1CC[C@@H]2CN(CCCCCF)CC[C@@H]2N1CCc1cccs1. The first-order valence-electron chi connectivity index (χ1n) is 9.38. The molecule has 2 aliphatic heterocycles. The molecule has 0 saturated carbocycles. The maximum atomic E-state index is 12.4. The summed E-state index contributed by atoms with van der Waals surface area (Å²) >= 11 is 1.78. The van der Waals surface area contributed by atoms with Crippen molar-refractivity contribution in [3.63, 3.8) is 0 Å². The topological polar surface area (TPSA) is 23.6 Å². The number of nitrogens with zero attached hydrogens (tertiary/aromatic N) is 2. The van der Waals surface area contributed by atoms with Crippen LogP contribution in [-0.4, -0.2) is 54.6 Å². The quantitative estimate of drug-likeness (QED) is 0.665. The van der Waals surface area contributed by atoms with Gasteiger partial charge in [-0.05, 0) is 62.4 Å². The second-order valence-corrected chi connectivity index (χ2v) is 8.15. The number of alkyl halides is 1. The van der Waals surface area contributed by atoms with Gasteiger partial charge in [0.05, 0.1) is 6.67 Å². The second-order valence-electron chi connectivity index (χ2n) is 7.12. The van der Waals surface area contributed by atoms with Gasteiger partial charge in [-0.15, -0.1) is 11.3 Å². The minimum absolute atomic E-state index is 0.188. The van der Waals surface area contributed by atoms with Gasteiger partial charge in [-0.3, -0.25) is 9.18 Å². The third-order valence-corrected chi connectivity index (χ3v) is 6.45. The Hall–Kier alpha value is -0.940. The van der Waals surface area contributed by atoms with Crippen LogP contribution in [0.5, 0.6) is 0 Å². The van der Waals surface area contributed by atoms with Crippen LogP contribution in [0, 0.1) is 5.92 Å². The molecule has 2 aliphatic rings. The van der Waals surface area contributed by atoms with E-state index in [4.69, 9.17) is 0 Å². The molecule has 134 valence electrons. The fourth-order valence-corrected chi connectivity index (χ4v) is 4.91. The van der Waals surface area contributed by atoms with Gasteiger partial charge in [0.1, 0.15) is 0 Å². The van der Waals surface area contributed by atoms with Gasteiger partial charge in [0.25, 0.3) is 0 Å². The maximum absolute atomic E-state index is 12.4. The van der Waals surface area contributed by atoms with Crippen molar-refractivity contribution in [2.24, 2.45) is 5.92 Å². The van der Waals surface area contributed by atoms with Crippen LogP contribution in [0.3, 0.4) is 0 Å². The van der Waals surface area contributed by atoms with Crippen molar-refractivity contribution in [1.82, 2.24) is 9.80 Å². The molecule has 0 bridgehead atoms. The number of hydrogen-bond acceptors (Lipinski definition) is 3. The summed E-state index contributed by atoms with van der Waals surface area (Å²) in [7, 11) is 0. The minimum Gasteiger partial charge on any atom is -0.339 e. The Morgan fingerprint density at radius 3 is 2.92 bits per heavy atom. The predicted octanol–water partition coefficient (Wildman–Crippen LogP) is 3.74. The van der Waals surface area contributed by atoms with Gasteiger partial charge in [0.15, 0.2) is 0 Å². The number of amides is 1. The molecule has 2 saturated heterocycles. The van der Waals surface area contributed by atoms with E-state index in [9.17, 15) is 9.18 Å². The van der Waals surface area contributed by atoms with Crippen LogP contribution in [0.4, 0.5) is 4.39 Å². The number of fused-ring (bicyclic) bond motifs is 1. The summed E-state index contributed by atoms with van der Waals surface area (Å²) in [6.07, 6.45) is 6.63. The van der Waals surface area contributed by atoms with Crippen molar-refractivity contribution in [3.8, 4) is 0 Å². The normalized spacial score (nSPS) is 25.0. The van der Waals surface area contributed by atoms with E-state index in [-0.39, 0.29) is 6.67 Å². The number of halogens is 1. The summed E-state index contributed by atoms with van der Waals surface area (Å²) in [6, 6.07) is 4.69. The number of unbranched alkanes of at least 4 members (excludes halogenated alkanes) is 2. The van der Waals surface area contributed by atoms with Crippen LogP contribution >= 0.6 is 11.3 Å². The van der Waals surface area contributed by atoms with Crippen molar-refractivity contribution >= 4 is 17.2 Å². The summed E-state index contributed by atoms with van der Waals surface area (Å²) in [5.41, 5.74) is 0.